The number of carboxylic acids is 1. The van der Waals surface area contributed by atoms with Gasteiger partial charge in [0.25, 0.3) is 5.91 Å². The van der Waals surface area contributed by atoms with Crippen molar-refractivity contribution in [2.75, 3.05) is 14.2 Å². The molecule has 0 saturated heterocycles. The van der Waals surface area contributed by atoms with Crippen LogP contribution in [0.15, 0.2) is 9.85 Å². The van der Waals surface area contributed by atoms with Gasteiger partial charge in [0.15, 0.2) is 0 Å². The van der Waals surface area contributed by atoms with E-state index in [1.807, 2.05) is 0 Å². The van der Waals surface area contributed by atoms with E-state index >= 15 is 0 Å². The molecule has 17 heavy (non-hydrogen) atoms. The molecule has 1 atom stereocenters. The number of rotatable bonds is 4. The van der Waals surface area contributed by atoms with Gasteiger partial charge in [0.1, 0.15) is 15.6 Å². The van der Waals surface area contributed by atoms with Crippen LogP contribution in [0, 0.1) is 0 Å². The fourth-order valence-electron chi connectivity index (χ4n) is 1.11. The lowest BCUT2D eigenvalue weighted by Crippen LogP contribution is -2.39. The summed E-state index contributed by atoms with van der Waals surface area (Å²) >= 11 is 4.48. The minimum absolute atomic E-state index is 0.339. The Morgan fingerprint density at radius 1 is 1.59 bits per heavy atom. The summed E-state index contributed by atoms with van der Waals surface area (Å²) in [6.07, 6.45) is 0. The van der Waals surface area contributed by atoms with E-state index in [0.29, 0.717) is 14.4 Å². The smallest absolute Gasteiger partial charge is 0.326 e. The Labute approximate surface area is 111 Å². The third-order valence-corrected chi connectivity index (χ3v) is 4.11. The number of aliphatic carboxylic acids is 1. The number of ether oxygens (including phenoxy) is 1. The first-order chi connectivity index (χ1) is 7.88. The Bertz CT molecular complexity index is 446. The van der Waals surface area contributed by atoms with Crippen LogP contribution in [0.25, 0.3) is 0 Å². The number of halogens is 1. The maximum atomic E-state index is 12.0. The Kier molecular flexibility index (Phi) is 4.53. The predicted octanol–water partition coefficient (Wildman–Crippen LogP) is 2.06. The highest BCUT2D eigenvalue weighted by Crippen LogP contribution is 2.34. The zero-order valence-electron chi connectivity index (χ0n) is 9.56. The summed E-state index contributed by atoms with van der Waals surface area (Å²) in [6.45, 7) is 1.46. The molecular weight excluding hydrogens is 310 g/mol. The molecule has 1 rings (SSSR count). The van der Waals surface area contributed by atoms with E-state index in [2.05, 4.69) is 15.9 Å². The molecule has 0 bridgehead atoms. The number of methoxy groups -OCH3 is 1. The highest BCUT2D eigenvalue weighted by molar-refractivity contribution is 9.11. The zero-order valence-corrected chi connectivity index (χ0v) is 12.0. The first-order valence-corrected chi connectivity index (χ1v) is 6.32. The van der Waals surface area contributed by atoms with Crippen molar-refractivity contribution < 1.29 is 19.4 Å². The van der Waals surface area contributed by atoms with Gasteiger partial charge in [0.2, 0.25) is 0 Å². The van der Waals surface area contributed by atoms with Crippen LogP contribution < -0.4 is 4.74 Å². The largest absolute Gasteiger partial charge is 0.495 e. The van der Waals surface area contributed by atoms with E-state index in [1.165, 1.54) is 37.3 Å². The topological polar surface area (TPSA) is 66.8 Å². The van der Waals surface area contributed by atoms with E-state index in [-0.39, 0.29) is 5.91 Å². The van der Waals surface area contributed by atoms with Crippen molar-refractivity contribution in [1.29, 1.82) is 0 Å². The molecule has 1 N–H and O–H groups in total. The lowest BCUT2D eigenvalue weighted by atomic mass is 10.3. The summed E-state index contributed by atoms with van der Waals surface area (Å²) in [5, 5.41) is 8.83. The van der Waals surface area contributed by atoms with Gasteiger partial charge in [-0.3, -0.25) is 4.79 Å². The highest BCUT2D eigenvalue weighted by atomic mass is 79.9. The van der Waals surface area contributed by atoms with Gasteiger partial charge >= 0.3 is 5.97 Å². The van der Waals surface area contributed by atoms with Gasteiger partial charge in [-0.2, -0.15) is 0 Å². The van der Waals surface area contributed by atoms with Crippen LogP contribution in [-0.2, 0) is 4.79 Å². The minimum Gasteiger partial charge on any atom is -0.495 e. The molecule has 0 aromatic carbocycles. The summed E-state index contributed by atoms with van der Waals surface area (Å²) < 4.78 is 5.75. The molecule has 1 aromatic heterocycles. The normalized spacial score (nSPS) is 12.0. The van der Waals surface area contributed by atoms with Crippen molar-refractivity contribution in [1.82, 2.24) is 4.90 Å². The predicted molar refractivity (Wildman–Crippen MR) is 67.8 cm³/mol. The second-order valence-corrected chi connectivity index (χ2v) is 5.75. The fraction of sp³-hybridized carbons (Fsp3) is 0.400. The minimum atomic E-state index is -1.04. The lowest BCUT2D eigenvalue weighted by Gasteiger charge is -2.20. The van der Waals surface area contributed by atoms with Crippen molar-refractivity contribution in [2.24, 2.45) is 0 Å². The van der Waals surface area contributed by atoms with Gasteiger partial charge in [-0.1, -0.05) is 0 Å². The molecule has 0 fully saturated rings. The van der Waals surface area contributed by atoms with Crippen molar-refractivity contribution in [3.05, 3.63) is 14.7 Å². The average Bonchev–Trinajstić information content (AvgIpc) is 2.67. The number of likely N-dealkylation sites (N-methyl/N-ethyl adjacent to an activating group) is 1. The van der Waals surface area contributed by atoms with Crippen molar-refractivity contribution in [3.63, 3.8) is 0 Å². The van der Waals surface area contributed by atoms with Gasteiger partial charge in [0, 0.05) is 13.1 Å². The van der Waals surface area contributed by atoms with Crippen molar-refractivity contribution in [3.8, 4) is 5.75 Å². The summed E-state index contributed by atoms with van der Waals surface area (Å²) in [5.74, 6) is -0.813. The maximum absolute atomic E-state index is 12.0. The van der Waals surface area contributed by atoms with E-state index < -0.39 is 12.0 Å². The average molecular weight is 322 g/mol. The van der Waals surface area contributed by atoms with Crippen LogP contribution in [0.3, 0.4) is 0 Å². The molecule has 0 aliphatic rings. The molecule has 1 aromatic rings. The number of amides is 1. The highest BCUT2D eigenvalue weighted by Gasteiger charge is 2.24. The summed E-state index contributed by atoms with van der Waals surface area (Å²) in [7, 11) is 2.96. The number of hydrogen-bond acceptors (Lipinski definition) is 4. The van der Waals surface area contributed by atoms with Crippen LogP contribution in [0.5, 0.6) is 5.75 Å². The number of thiophene rings is 1. The van der Waals surface area contributed by atoms with Gasteiger partial charge in [-0.15, -0.1) is 11.3 Å². The first-order valence-electron chi connectivity index (χ1n) is 4.71. The lowest BCUT2D eigenvalue weighted by molar-refractivity contribution is -0.141. The second-order valence-electron chi connectivity index (χ2n) is 3.38. The fourth-order valence-corrected chi connectivity index (χ4v) is 2.74. The summed E-state index contributed by atoms with van der Waals surface area (Å²) in [5.41, 5.74) is 0. The molecule has 94 valence electrons. The third-order valence-electron chi connectivity index (χ3n) is 2.34. The van der Waals surface area contributed by atoms with Crippen LogP contribution >= 0.6 is 27.3 Å². The molecular formula is C10H12BrNO4S. The molecule has 5 nitrogen and oxygen atoms in total. The quantitative estimate of drug-likeness (QED) is 0.921. The molecule has 1 heterocycles. The van der Waals surface area contributed by atoms with Crippen LogP contribution in [0.2, 0.25) is 0 Å². The number of nitrogens with zero attached hydrogens (tertiary/aromatic N) is 1. The molecule has 1 amide bonds. The zero-order chi connectivity index (χ0) is 13.2. The Morgan fingerprint density at radius 2 is 2.18 bits per heavy atom. The van der Waals surface area contributed by atoms with E-state index in [4.69, 9.17) is 9.84 Å². The Balaban J connectivity index is 2.92. The molecule has 7 heteroatoms. The van der Waals surface area contributed by atoms with Gasteiger partial charge in [0.05, 0.1) is 12.0 Å². The first kappa shape index (κ1) is 14.0. The SMILES string of the molecule is COc1cc(C(=O)N(C)C(C)C(=O)O)sc1Br. The van der Waals surface area contributed by atoms with Gasteiger partial charge < -0.3 is 14.7 Å². The van der Waals surface area contributed by atoms with Crippen LogP contribution in [-0.4, -0.2) is 42.1 Å². The number of carboxylic acid groups (broad SMARTS) is 1. The molecule has 1 unspecified atom stereocenters. The number of carbonyl (C=O) groups excluding carboxylic acids is 1. The number of carbonyl (C=O) groups is 2. The van der Waals surface area contributed by atoms with E-state index in [0.717, 1.165) is 0 Å². The molecule has 0 spiro atoms. The monoisotopic (exact) mass is 321 g/mol. The van der Waals surface area contributed by atoms with E-state index in [9.17, 15) is 9.59 Å². The van der Waals surface area contributed by atoms with Crippen molar-refractivity contribution >= 4 is 39.1 Å². The number of hydrogen-bond donors (Lipinski definition) is 1. The van der Waals surface area contributed by atoms with E-state index in [1.54, 1.807) is 6.07 Å². The standard InChI is InChI=1S/C10H12BrNO4S/c1-5(10(14)15)12(2)9(13)7-4-6(16-3)8(11)17-7/h4-5H,1-3H3,(H,14,15). The molecule has 0 radical (unpaired) electrons. The van der Waals surface area contributed by atoms with Gasteiger partial charge in [-0.05, 0) is 22.9 Å². The molecule has 0 saturated carbocycles. The maximum Gasteiger partial charge on any atom is 0.326 e. The van der Waals surface area contributed by atoms with Gasteiger partial charge in [-0.25, -0.2) is 4.79 Å². The Hall–Kier alpha value is -1.08. The van der Waals surface area contributed by atoms with Crippen LogP contribution in [0.1, 0.15) is 16.6 Å². The Morgan fingerprint density at radius 3 is 2.59 bits per heavy atom. The van der Waals surface area contributed by atoms with Crippen molar-refractivity contribution in [2.45, 2.75) is 13.0 Å². The molecule has 0 aliphatic carbocycles. The second kappa shape index (κ2) is 5.50. The molecule has 0 aliphatic heterocycles. The summed E-state index contributed by atoms with van der Waals surface area (Å²) in [6, 6.07) is 0.719. The third kappa shape index (κ3) is 2.98. The summed E-state index contributed by atoms with van der Waals surface area (Å²) in [4.78, 5) is 24.4. The van der Waals surface area contributed by atoms with Crippen LogP contribution in [0.4, 0.5) is 0 Å².